The average Bonchev–Trinajstić information content (AvgIpc) is 3.18. The van der Waals surface area contributed by atoms with E-state index in [1.54, 1.807) is 18.2 Å². The van der Waals surface area contributed by atoms with Crippen molar-refractivity contribution < 1.29 is 13.2 Å². The van der Waals surface area contributed by atoms with Crippen LogP contribution in [0, 0.1) is 0 Å². The second-order valence-corrected chi connectivity index (χ2v) is 9.42. The molecule has 1 aliphatic rings. The molecule has 28 heavy (non-hydrogen) atoms. The van der Waals surface area contributed by atoms with Crippen LogP contribution in [0.2, 0.25) is 0 Å². The van der Waals surface area contributed by atoms with Crippen molar-refractivity contribution in [3.05, 3.63) is 29.8 Å². The molecule has 10 heteroatoms. The van der Waals surface area contributed by atoms with Crippen molar-refractivity contribution >= 4 is 51.7 Å². The maximum absolute atomic E-state index is 12.3. The van der Waals surface area contributed by atoms with Gasteiger partial charge in [-0.1, -0.05) is 12.1 Å². The molecule has 1 aromatic rings. The van der Waals surface area contributed by atoms with Crippen LogP contribution in [0.4, 0.5) is 0 Å². The van der Waals surface area contributed by atoms with Crippen LogP contribution in [-0.4, -0.2) is 58.7 Å². The molecule has 0 aromatic heterocycles. The molecule has 1 aliphatic heterocycles. The number of nitrogens with zero attached hydrogens (tertiary/aromatic N) is 1. The summed E-state index contributed by atoms with van der Waals surface area (Å²) in [5.41, 5.74) is 0.845. The smallest absolute Gasteiger partial charge is 0.240 e. The third-order valence-electron chi connectivity index (χ3n) is 4.09. The van der Waals surface area contributed by atoms with Crippen molar-refractivity contribution in [1.82, 2.24) is 15.4 Å². The topological polar surface area (TPSA) is 91.8 Å². The lowest BCUT2D eigenvalue weighted by Gasteiger charge is -2.14. The molecular weight excluding hydrogens is 511 g/mol. The summed E-state index contributed by atoms with van der Waals surface area (Å²) in [5.74, 6) is 2.00. The van der Waals surface area contributed by atoms with E-state index < -0.39 is 10.0 Å². The van der Waals surface area contributed by atoms with Crippen LogP contribution in [0.3, 0.4) is 0 Å². The third kappa shape index (κ3) is 8.85. The summed E-state index contributed by atoms with van der Waals surface area (Å²) in [7, 11) is -2.00. The predicted octanol–water partition coefficient (Wildman–Crippen LogP) is 2.18. The second kappa shape index (κ2) is 13.6. The zero-order valence-corrected chi connectivity index (χ0v) is 20.4. The second-order valence-electron chi connectivity index (χ2n) is 6.25. The molecule has 0 radical (unpaired) electrons. The van der Waals surface area contributed by atoms with E-state index in [1.807, 2.05) is 24.8 Å². The zero-order chi connectivity index (χ0) is 19.5. The number of guanidine groups is 1. The van der Waals surface area contributed by atoms with Crippen molar-refractivity contribution in [2.24, 2.45) is 4.99 Å². The standard InChI is InChI=1S/C18H30N4O3S2.HI/c1-3-19-18(21-14-16-7-5-11-26-16)20-13-15-6-4-8-17(12-15)27(23,24)22-9-10-25-2;/h4,6,8,12,16,22H,3,5,7,9-11,13-14H2,1-2H3,(H2,19,20,21);1H. The van der Waals surface area contributed by atoms with Crippen molar-refractivity contribution in [2.45, 2.75) is 36.5 Å². The number of hydrogen-bond acceptors (Lipinski definition) is 5. The molecule has 1 fully saturated rings. The van der Waals surface area contributed by atoms with Crippen LogP contribution in [0.15, 0.2) is 34.2 Å². The number of rotatable bonds is 10. The predicted molar refractivity (Wildman–Crippen MR) is 127 cm³/mol. The van der Waals surface area contributed by atoms with E-state index in [9.17, 15) is 8.42 Å². The van der Waals surface area contributed by atoms with Gasteiger partial charge < -0.3 is 15.4 Å². The number of sulfonamides is 1. The van der Waals surface area contributed by atoms with Gasteiger partial charge in [-0.2, -0.15) is 11.8 Å². The van der Waals surface area contributed by atoms with Gasteiger partial charge in [-0.05, 0) is 43.2 Å². The lowest BCUT2D eigenvalue weighted by molar-refractivity contribution is 0.204. The van der Waals surface area contributed by atoms with Crippen molar-refractivity contribution in [3.63, 3.8) is 0 Å². The van der Waals surface area contributed by atoms with Crippen molar-refractivity contribution in [2.75, 3.05) is 39.1 Å². The molecule has 1 atom stereocenters. The summed E-state index contributed by atoms with van der Waals surface area (Å²) in [6.45, 7) is 4.69. The van der Waals surface area contributed by atoms with Gasteiger partial charge in [0.2, 0.25) is 10.0 Å². The van der Waals surface area contributed by atoms with Gasteiger partial charge in [0.05, 0.1) is 18.0 Å². The van der Waals surface area contributed by atoms with Crippen molar-refractivity contribution in [3.8, 4) is 0 Å². The maximum Gasteiger partial charge on any atom is 0.240 e. The fraction of sp³-hybridized carbons (Fsp3) is 0.611. The molecule has 0 amide bonds. The number of benzene rings is 1. The normalized spacial score (nSPS) is 17.2. The quantitative estimate of drug-likeness (QED) is 0.182. The van der Waals surface area contributed by atoms with Gasteiger partial charge in [0.25, 0.3) is 0 Å². The van der Waals surface area contributed by atoms with E-state index in [1.165, 1.54) is 25.7 Å². The summed E-state index contributed by atoms with van der Waals surface area (Å²) < 4.78 is 32.0. The van der Waals surface area contributed by atoms with Crippen LogP contribution in [0.25, 0.3) is 0 Å². The highest BCUT2D eigenvalue weighted by molar-refractivity contribution is 14.0. The molecule has 160 valence electrons. The Morgan fingerprint density at radius 2 is 2.18 bits per heavy atom. The first-order valence-corrected chi connectivity index (χ1v) is 11.8. The van der Waals surface area contributed by atoms with E-state index in [2.05, 4.69) is 20.3 Å². The lowest BCUT2D eigenvalue weighted by atomic mass is 10.2. The molecule has 0 spiro atoms. The van der Waals surface area contributed by atoms with Gasteiger partial charge >= 0.3 is 0 Å². The summed E-state index contributed by atoms with van der Waals surface area (Å²) >= 11 is 2.00. The molecule has 0 saturated carbocycles. The van der Waals surface area contributed by atoms with Crippen LogP contribution in [-0.2, 0) is 21.3 Å². The fourth-order valence-electron chi connectivity index (χ4n) is 2.70. The molecule has 1 unspecified atom stereocenters. The minimum absolute atomic E-state index is 0. The Morgan fingerprint density at radius 3 is 2.86 bits per heavy atom. The largest absolute Gasteiger partial charge is 0.383 e. The molecule has 1 aromatic carbocycles. The molecule has 1 saturated heterocycles. The Kier molecular flexibility index (Phi) is 12.4. The van der Waals surface area contributed by atoms with Crippen LogP contribution < -0.4 is 15.4 Å². The lowest BCUT2D eigenvalue weighted by Crippen LogP contribution is -2.40. The van der Waals surface area contributed by atoms with E-state index in [4.69, 9.17) is 4.74 Å². The highest BCUT2D eigenvalue weighted by Gasteiger charge is 2.16. The first-order valence-electron chi connectivity index (χ1n) is 9.26. The molecule has 7 nitrogen and oxygen atoms in total. The van der Waals surface area contributed by atoms with Crippen LogP contribution in [0.5, 0.6) is 0 Å². The van der Waals surface area contributed by atoms with Gasteiger partial charge in [-0.3, -0.25) is 0 Å². The monoisotopic (exact) mass is 542 g/mol. The number of ether oxygens (including phenoxy) is 1. The first kappa shape index (κ1) is 25.5. The Balaban J connectivity index is 0.00000392. The van der Waals surface area contributed by atoms with Crippen LogP contribution in [0.1, 0.15) is 25.3 Å². The number of thioether (sulfide) groups is 1. The van der Waals surface area contributed by atoms with Gasteiger partial charge in [0.1, 0.15) is 0 Å². The van der Waals surface area contributed by atoms with E-state index in [0.717, 1.165) is 24.6 Å². The molecular formula is C18H31IN4O3S2. The van der Waals surface area contributed by atoms with E-state index in [0.29, 0.717) is 18.4 Å². The third-order valence-corrected chi connectivity index (χ3v) is 6.95. The number of halogens is 1. The van der Waals surface area contributed by atoms with Gasteiger partial charge in [0, 0.05) is 32.0 Å². The summed E-state index contributed by atoms with van der Waals surface area (Å²) in [6, 6.07) is 6.87. The summed E-state index contributed by atoms with van der Waals surface area (Å²) in [4.78, 5) is 4.84. The molecule has 2 rings (SSSR count). The Hall–Kier alpha value is -0.560. The van der Waals surface area contributed by atoms with Gasteiger partial charge in [-0.25, -0.2) is 18.1 Å². The number of hydrogen-bond donors (Lipinski definition) is 3. The molecule has 0 bridgehead atoms. The van der Waals surface area contributed by atoms with Gasteiger partial charge in [-0.15, -0.1) is 24.0 Å². The first-order chi connectivity index (χ1) is 13.0. The minimum Gasteiger partial charge on any atom is -0.383 e. The maximum atomic E-state index is 12.3. The van der Waals surface area contributed by atoms with Crippen LogP contribution >= 0.6 is 35.7 Å². The average molecular weight is 543 g/mol. The van der Waals surface area contributed by atoms with E-state index >= 15 is 0 Å². The molecule has 3 N–H and O–H groups in total. The van der Waals surface area contributed by atoms with Gasteiger partial charge in [0.15, 0.2) is 5.96 Å². The Bertz CT molecular complexity index is 711. The number of nitrogens with one attached hydrogen (secondary N) is 3. The summed E-state index contributed by atoms with van der Waals surface area (Å²) in [6.07, 6.45) is 2.53. The highest BCUT2D eigenvalue weighted by Crippen LogP contribution is 2.25. The number of aliphatic imine (C=N–C) groups is 1. The summed E-state index contributed by atoms with van der Waals surface area (Å²) in [5, 5.41) is 7.27. The molecule has 1 heterocycles. The SMILES string of the molecule is CCNC(=NCc1cccc(S(=O)(=O)NCCOC)c1)NCC1CCCS1.I. The highest BCUT2D eigenvalue weighted by atomic mass is 127. The Morgan fingerprint density at radius 1 is 1.36 bits per heavy atom. The number of methoxy groups -OCH3 is 1. The molecule has 0 aliphatic carbocycles. The fourth-order valence-corrected chi connectivity index (χ4v) is 4.98. The Labute approximate surface area is 189 Å². The van der Waals surface area contributed by atoms with Crippen molar-refractivity contribution in [1.29, 1.82) is 0 Å². The van der Waals surface area contributed by atoms with E-state index in [-0.39, 0.29) is 35.4 Å². The zero-order valence-electron chi connectivity index (χ0n) is 16.4. The minimum atomic E-state index is -3.54.